The minimum Gasteiger partial charge on any atom is -0.345 e. The van der Waals surface area contributed by atoms with Gasteiger partial charge in [0.05, 0.1) is 5.54 Å². The van der Waals surface area contributed by atoms with Crippen LogP contribution in [0.5, 0.6) is 0 Å². The van der Waals surface area contributed by atoms with Gasteiger partial charge in [0.15, 0.2) is 0 Å². The molecular formula is C15H21FN2O. The second kappa shape index (κ2) is 5.70. The van der Waals surface area contributed by atoms with Crippen molar-refractivity contribution in [2.24, 2.45) is 5.73 Å². The van der Waals surface area contributed by atoms with E-state index in [1.807, 2.05) is 6.92 Å². The van der Waals surface area contributed by atoms with Gasteiger partial charge in [0.25, 0.3) is 5.91 Å². The number of benzene rings is 1. The molecule has 1 aliphatic rings. The fourth-order valence-corrected chi connectivity index (χ4v) is 2.76. The van der Waals surface area contributed by atoms with Gasteiger partial charge in [-0.25, -0.2) is 4.39 Å². The molecule has 104 valence electrons. The van der Waals surface area contributed by atoms with Crippen LogP contribution < -0.4 is 11.1 Å². The van der Waals surface area contributed by atoms with Crippen molar-refractivity contribution in [3.05, 3.63) is 35.1 Å². The summed E-state index contributed by atoms with van der Waals surface area (Å²) < 4.78 is 13.3. The molecule has 0 aromatic heterocycles. The lowest BCUT2D eigenvalue weighted by Gasteiger charge is -2.37. The number of nitrogens with one attached hydrogen (secondary N) is 1. The molecule has 0 heterocycles. The van der Waals surface area contributed by atoms with Gasteiger partial charge in [0.1, 0.15) is 5.82 Å². The normalized spacial score (nSPS) is 18.1. The number of carbonyl (C=O) groups is 1. The van der Waals surface area contributed by atoms with E-state index in [1.54, 1.807) is 6.07 Å². The molecule has 0 aliphatic heterocycles. The van der Waals surface area contributed by atoms with Crippen molar-refractivity contribution in [3.63, 3.8) is 0 Å². The topological polar surface area (TPSA) is 55.1 Å². The van der Waals surface area contributed by atoms with Crippen molar-refractivity contribution in [3.8, 4) is 0 Å². The molecule has 0 atom stereocenters. The molecule has 1 aliphatic carbocycles. The van der Waals surface area contributed by atoms with E-state index in [-0.39, 0.29) is 17.3 Å². The third kappa shape index (κ3) is 3.13. The van der Waals surface area contributed by atoms with Gasteiger partial charge >= 0.3 is 0 Å². The molecule has 1 aromatic carbocycles. The van der Waals surface area contributed by atoms with Gasteiger partial charge in [-0.2, -0.15) is 0 Å². The largest absolute Gasteiger partial charge is 0.345 e. The van der Waals surface area contributed by atoms with Gasteiger partial charge < -0.3 is 11.1 Å². The highest BCUT2D eigenvalue weighted by Crippen LogP contribution is 2.27. The van der Waals surface area contributed by atoms with Crippen molar-refractivity contribution in [2.45, 2.75) is 44.6 Å². The fraction of sp³-hybridized carbons (Fsp3) is 0.533. The lowest BCUT2D eigenvalue weighted by molar-refractivity contribution is 0.0873. The first-order valence-electron chi connectivity index (χ1n) is 6.85. The SMILES string of the molecule is Cc1ccc(F)cc1C(=O)NC1(CN)CCCCC1. The maximum absolute atomic E-state index is 13.3. The smallest absolute Gasteiger partial charge is 0.252 e. The predicted molar refractivity (Wildman–Crippen MR) is 73.5 cm³/mol. The molecule has 2 rings (SSSR count). The Labute approximate surface area is 113 Å². The molecule has 4 heteroatoms. The molecule has 1 amide bonds. The molecule has 1 saturated carbocycles. The van der Waals surface area contributed by atoms with Crippen molar-refractivity contribution < 1.29 is 9.18 Å². The molecule has 0 spiro atoms. The average molecular weight is 264 g/mol. The van der Waals surface area contributed by atoms with Crippen molar-refractivity contribution in [1.82, 2.24) is 5.32 Å². The van der Waals surface area contributed by atoms with Crippen molar-refractivity contribution in [2.75, 3.05) is 6.54 Å². The Balaban J connectivity index is 2.17. The summed E-state index contributed by atoms with van der Waals surface area (Å²) >= 11 is 0. The minimum atomic E-state index is -0.388. The number of aryl methyl sites for hydroxylation is 1. The Hall–Kier alpha value is -1.42. The van der Waals surface area contributed by atoms with Crippen LogP contribution in [0, 0.1) is 12.7 Å². The zero-order valence-electron chi connectivity index (χ0n) is 11.3. The molecule has 3 nitrogen and oxygen atoms in total. The molecule has 1 fully saturated rings. The summed E-state index contributed by atoms with van der Waals surface area (Å²) in [5, 5.41) is 3.04. The summed E-state index contributed by atoms with van der Waals surface area (Å²) in [4.78, 5) is 12.3. The van der Waals surface area contributed by atoms with E-state index in [9.17, 15) is 9.18 Å². The zero-order chi connectivity index (χ0) is 13.9. The first-order chi connectivity index (χ1) is 9.06. The highest BCUT2D eigenvalue weighted by molar-refractivity contribution is 5.96. The minimum absolute atomic E-state index is 0.218. The van der Waals surface area contributed by atoms with Crippen LogP contribution in [0.4, 0.5) is 4.39 Å². The van der Waals surface area contributed by atoms with Crippen LogP contribution in [0.2, 0.25) is 0 Å². The Morgan fingerprint density at radius 3 is 2.68 bits per heavy atom. The molecule has 1 aromatic rings. The standard InChI is InChI=1S/C15H21FN2O/c1-11-5-6-12(16)9-13(11)14(19)18-15(10-17)7-3-2-4-8-15/h5-6,9H,2-4,7-8,10,17H2,1H3,(H,18,19). The maximum Gasteiger partial charge on any atom is 0.252 e. The van der Waals surface area contributed by atoms with E-state index < -0.39 is 0 Å². The molecular weight excluding hydrogens is 243 g/mol. The summed E-state index contributed by atoms with van der Waals surface area (Å²) in [6, 6.07) is 4.28. The summed E-state index contributed by atoms with van der Waals surface area (Å²) in [5.41, 5.74) is 6.71. The second-order valence-electron chi connectivity index (χ2n) is 5.46. The third-order valence-corrected chi connectivity index (χ3v) is 4.02. The number of rotatable bonds is 3. The average Bonchev–Trinajstić information content (AvgIpc) is 2.42. The van der Waals surface area contributed by atoms with Crippen LogP contribution in [0.1, 0.15) is 48.0 Å². The van der Waals surface area contributed by atoms with Gasteiger partial charge in [-0.3, -0.25) is 4.79 Å². The zero-order valence-corrected chi connectivity index (χ0v) is 11.3. The Morgan fingerprint density at radius 2 is 2.05 bits per heavy atom. The van der Waals surface area contributed by atoms with Gasteiger partial charge in [0, 0.05) is 12.1 Å². The quantitative estimate of drug-likeness (QED) is 0.881. The number of nitrogens with two attached hydrogens (primary N) is 1. The predicted octanol–water partition coefficient (Wildman–Crippen LogP) is 2.53. The van der Waals surface area contributed by atoms with E-state index >= 15 is 0 Å². The molecule has 0 bridgehead atoms. The van der Waals surface area contributed by atoms with Crippen LogP contribution in [0.15, 0.2) is 18.2 Å². The van der Waals surface area contributed by atoms with Crippen molar-refractivity contribution >= 4 is 5.91 Å². The number of hydrogen-bond donors (Lipinski definition) is 2. The highest BCUT2D eigenvalue weighted by Gasteiger charge is 2.32. The maximum atomic E-state index is 13.3. The van der Waals surface area contributed by atoms with Crippen LogP contribution in [0.25, 0.3) is 0 Å². The molecule has 3 N–H and O–H groups in total. The Morgan fingerprint density at radius 1 is 1.37 bits per heavy atom. The second-order valence-corrected chi connectivity index (χ2v) is 5.46. The van der Waals surface area contributed by atoms with Gasteiger partial charge in [-0.15, -0.1) is 0 Å². The van der Waals surface area contributed by atoms with E-state index in [0.717, 1.165) is 31.2 Å². The summed E-state index contributed by atoms with van der Waals surface area (Å²) in [6.07, 6.45) is 5.17. The van der Waals surface area contributed by atoms with Gasteiger partial charge in [-0.05, 0) is 37.5 Å². The van der Waals surface area contributed by atoms with Gasteiger partial charge in [0.2, 0.25) is 0 Å². The van der Waals surface area contributed by atoms with Crippen LogP contribution in [-0.2, 0) is 0 Å². The fourth-order valence-electron chi connectivity index (χ4n) is 2.76. The Bertz CT molecular complexity index is 467. The number of halogens is 1. The Kier molecular flexibility index (Phi) is 4.20. The molecule has 0 saturated heterocycles. The summed E-state index contributed by atoms with van der Waals surface area (Å²) in [5.74, 6) is -0.606. The molecule has 19 heavy (non-hydrogen) atoms. The first kappa shape index (κ1) is 14.0. The van der Waals surface area contributed by atoms with Gasteiger partial charge in [-0.1, -0.05) is 25.3 Å². The van der Waals surface area contributed by atoms with Crippen LogP contribution in [-0.4, -0.2) is 18.0 Å². The molecule has 0 unspecified atom stereocenters. The van der Waals surface area contributed by atoms with E-state index in [1.165, 1.54) is 18.6 Å². The van der Waals surface area contributed by atoms with E-state index in [4.69, 9.17) is 5.73 Å². The third-order valence-electron chi connectivity index (χ3n) is 4.02. The number of amides is 1. The van der Waals surface area contributed by atoms with E-state index in [2.05, 4.69) is 5.32 Å². The summed E-state index contributed by atoms with van der Waals surface area (Å²) in [6.45, 7) is 2.25. The van der Waals surface area contributed by atoms with Crippen molar-refractivity contribution in [1.29, 1.82) is 0 Å². The lowest BCUT2D eigenvalue weighted by Crippen LogP contribution is -2.54. The number of carbonyl (C=O) groups excluding carboxylic acids is 1. The lowest BCUT2D eigenvalue weighted by atomic mass is 9.81. The monoisotopic (exact) mass is 264 g/mol. The van der Waals surface area contributed by atoms with Crippen LogP contribution >= 0.6 is 0 Å². The number of hydrogen-bond acceptors (Lipinski definition) is 2. The molecule has 0 radical (unpaired) electrons. The highest BCUT2D eigenvalue weighted by atomic mass is 19.1. The first-order valence-corrected chi connectivity index (χ1v) is 6.85. The van der Waals surface area contributed by atoms with Crippen LogP contribution in [0.3, 0.4) is 0 Å². The van der Waals surface area contributed by atoms with E-state index in [0.29, 0.717) is 12.1 Å². The summed E-state index contributed by atoms with van der Waals surface area (Å²) in [7, 11) is 0.